The van der Waals surface area contributed by atoms with Gasteiger partial charge in [-0.15, -0.1) is 11.3 Å². The van der Waals surface area contributed by atoms with E-state index in [4.69, 9.17) is 4.74 Å². The first-order valence-corrected chi connectivity index (χ1v) is 10.5. The van der Waals surface area contributed by atoms with Gasteiger partial charge in [0, 0.05) is 24.0 Å². The standard InChI is InChI=1S/C22H23FN4O3S/c1-27(2)11-16-9-15(7-8-18(16)23)10-24-21(28)22(29)26-19-5-3-4-6-20(19)30-12-17-13-31-14-25-17/h3-9,13-14H,10-12H2,1-2H3,(H,24,28)(H,26,29). The number of nitrogens with zero attached hydrogens (tertiary/aromatic N) is 2. The summed E-state index contributed by atoms with van der Waals surface area (Å²) in [7, 11) is 3.69. The summed E-state index contributed by atoms with van der Waals surface area (Å²) in [6, 6.07) is 11.5. The van der Waals surface area contributed by atoms with Crippen LogP contribution in [0.1, 0.15) is 16.8 Å². The summed E-state index contributed by atoms with van der Waals surface area (Å²) in [4.78, 5) is 30.6. The van der Waals surface area contributed by atoms with Gasteiger partial charge >= 0.3 is 11.8 Å². The third-order valence-electron chi connectivity index (χ3n) is 4.25. The minimum absolute atomic E-state index is 0.106. The number of halogens is 1. The van der Waals surface area contributed by atoms with Gasteiger partial charge in [0.1, 0.15) is 18.2 Å². The van der Waals surface area contributed by atoms with Crippen LogP contribution in [0.25, 0.3) is 0 Å². The van der Waals surface area contributed by atoms with Gasteiger partial charge in [-0.3, -0.25) is 9.59 Å². The molecule has 0 saturated carbocycles. The van der Waals surface area contributed by atoms with Crippen LogP contribution in [-0.4, -0.2) is 35.8 Å². The van der Waals surface area contributed by atoms with Crippen molar-refractivity contribution in [3.63, 3.8) is 0 Å². The van der Waals surface area contributed by atoms with E-state index in [-0.39, 0.29) is 19.0 Å². The number of ether oxygens (including phenoxy) is 1. The van der Waals surface area contributed by atoms with Crippen LogP contribution in [0.15, 0.2) is 53.4 Å². The molecule has 1 aromatic heterocycles. The van der Waals surface area contributed by atoms with Gasteiger partial charge in [-0.05, 0) is 43.9 Å². The van der Waals surface area contributed by atoms with Gasteiger partial charge in [-0.2, -0.15) is 0 Å². The van der Waals surface area contributed by atoms with E-state index in [2.05, 4.69) is 15.6 Å². The van der Waals surface area contributed by atoms with Crippen LogP contribution in [0.3, 0.4) is 0 Å². The van der Waals surface area contributed by atoms with E-state index in [9.17, 15) is 14.0 Å². The number of aromatic nitrogens is 1. The highest BCUT2D eigenvalue weighted by atomic mass is 32.1. The summed E-state index contributed by atoms with van der Waals surface area (Å²) in [5, 5.41) is 6.99. The van der Waals surface area contributed by atoms with Crippen molar-refractivity contribution in [1.82, 2.24) is 15.2 Å². The minimum Gasteiger partial charge on any atom is -0.485 e. The molecule has 3 aromatic rings. The second-order valence-corrected chi connectivity index (χ2v) is 7.78. The fourth-order valence-corrected chi connectivity index (χ4v) is 3.34. The van der Waals surface area contributed by atoms with Gasteiger partial charge in [0.2, 0.25) is 0 Å². The number of hydrogen-bond donors (Lipinski definition) is 2. The summed E-state index contributed by atoms with van der Waals surface area (Å²) in [6.07, 6.45) is 0. The molecule has 0 fully saturated rings. The number of rotatable bonds is 8. The van der Waals surface area contributed by atoms with Gasteiger partial charge in [-0.1, -0.05) is 18.2 Å². The van der Waals surface area contributed by atoms with E-state index in [0.717, 1.165) is 5.69 Å². The molecule has 9 heteroatoms. The van der Waals surface area contributed by atoms with E-state index < -0.39 is 11.8 Å². The van der Waals surface area contributed by atoms with Gasteiger partial charge in [0.25, 0.3) is 0 Å². The molecule has 3 rings (SSSR count). The molecule has 0 spiro atoms. The summed E-state index contributed by atoms with van der Waals surface area (Å²) >= 11 is 1.46. The first-order valence-electron chi connectivity index (χ1n) is 9.52. The highest BCUT2D eigenvalue weighted by molar-refractivity contribution is 7.07. The number of carbonyl (C=O) groups is 2. The summed E-state index contributed by atoms with van der Waals surface area (Å²) < 4.78 is 19.6. The Balaban J connectivity index is 1.57. The Morgan fingerprint density at radius 2 is 1.97 bits per heavy atom. The lowest BCUT2D eigenvalue weighted by Crippen LogP contribution is -2.35. The van der Waals surface area contributed by atoms with Gasteiger partial charge in [-0.25, -0.2) is 9.37 Å². The largest absolute Gasteiger partial charge is 0.485 e. The Kier molecular flexibility index (Phi) is 7.69. The maximum Gasteiger partial charge on any atom is 0.313 e. The number of amides is 2. The second kappa shape index (κ2) is 10.6. The first-order chi connectivity index (χ1) is 14.9. The number of nitrogens with one attached hydrogen (secondary N) is 2. The molecule has 162 valence electrons. The molecule has 0 atom stereocenters. The summed E-state index contributed by atoms with van der Waals surface area (Å²) in [5.41, 5.74) is 4.09. The van der Waals surface area contributed by atoms with Crippen molar-refractivity contribution in [1.29, 1.82) is 0 Å². The third kappa shape index (κ3) is 6.59. The van der Waals surface area contributed by atoms with Crippen molar-refractivity contribution >= 4 is 28.8 Å². The Bertz CT molecular complexity index is 1040. The fraction of sp³-hybridized carbons (Fsp3) is 0.227. The van der Waals surface area contributed by atoms with E-state index in [1.807, 2.05) is 24.4 Å². The monoisotopic (exact) mass is 442 g/mol. The molecule has 0 radical (unpaired) electrons. The third-order valence-corrected chi connectivity index (χ3v) is 4.89. The maximum atomic E-state index is 13.9. The Hall–Kier alpha value is -3.30. The predicted molar refractivity (Wildman–Crippen MR) is 117 cm³/mol. The zero-order valence-electron chi connectivity index (χ0n) is 17.2. The van der Waals surface area contributed by atoms with Crippen molar-refractivity contribution in [2.24, 2.45) is 0 Å². The van der Waals surface area contributed by atoms with Crippen molar-refractivity contribution < 1.29 is 18.7 Å². The molecule has 2 N–H and O–H groups in total. The molecule has 2 aromatic carbocycles. The molecule has 2 amide bonds. The minimum atomic E-state index is -0.819. The maximum absolute atomic E-state index is 13.9. The molecule has 31 heavy (non-hydrogen) atoms. The quantitative estimate of drug-likeness (QED) is 0.524. The lowest BCUT2D eigenvalue weighted by molar-refractivity contribution is -0.136. The lowest BCUT2D eigenvalue weighted by Gasteiger charge is -2.13. The second-order valence-electron chi connectivity index (χ2n) is 7.06. The molecule has 0 bridgehead atoms. The normalized spacial score (nSPS) is 10.7. The van der Waals surface area contributed by atoms with Crippen molar-refractivity contribution in [3.8, 4) is 5.75 Å². The summed E-state index contributed by atoms with van der Waals surface area (Å²) in [5.74, 6) is -1.49. The summed E-state index contributed by atoms with van der Waals surface area (Å²) in [6.45, 7) is 0.795. The predicted octanol–water partition coefficient (Wildman–Crippen LogP) is 3.18. The zero-order valence-corrected chi connectivity index (χ0v) is 18.0. The molecule has 0 aliphatic rings. The highest BCUT2D eigenvalue weighted by Crippen LogP contribution is 2.24. The highest BCUT2D eigenvalue weighted by Gasteiger charge is 2.16. The number of para-hydroxylation sites is 2. The molecular weight excluding hydrogens is 419 g/mol. The van der Waals surface area contributed by atoms with Crippen LogP contribution < -0.4 is 15.4 Å². The molecule has 0 aliphatic heterocycles. The van der Waals surface area contributed by atoms with Gasteiger partial charge < -0.3 is 20.3 Å². The number of hydrogen-bond acceptors (Lipinski definition) is 6. The SMILES string of the molecule is CN(C)Cc1cc(CNC(=O)C(=O)Nc2ccccc2OCc2cscn2)ccc1F. The van der Waals surface area contributed by atoms with Gasteiger partial charge in [0.05, 0.1) is 16.9 Å². The lowest BCUT2D eigenvalue weighted by atomic mass is 10.1. The Labute approximate surface area is 183 Å². The van der Waals surface area contributed by atoms with Crippen LogP contribution in [0.2, 0.25) is 0 Å². The molecular formula is C22H23FN4O3S. The van der Waals surface area contributed by atoms with Crippen LogP contribution in [0.4, 0.5) is 10.1 Å². The molecule has 0 saturated heterocycles. The van der Waals surface area contributed by atoms with Crippen LogP contribution >= 0.6 is 11.3 Å². The average molecular weight is 443 g/mol. The Morgan fingerprint density at radius 3 is 2.71 bits per heavy atom. The number of benzene rings is 2. The average Bonchev–Trinajstić information content (AvgIpc) is 3.26. The number of thiazole rings is 1. The topological polar surface area (TPSA) is 83.6 Å². The Morgan fingerprint density at radius 1 is 1.16 bits per heavy atom. The molecule has 0 unspecified atom stereocenters. The van der Waals surface area contributed by atoms with E-state index in [0.29, 0.717) is 29.1 Å². The van der Waals surface area contributed by atoms with E-state index in [1.165, 1.54) is 17.4 Å². The number of anilines is 1. The zero-order chi connectivity index (χ0) is 22.2. The first kappa shape index (κ1) is 22.4. The number of carbonyl (C=O) groups excluding carboxylic acids is 2. The smallest absolute Gasteiger partial charge is 0.313 e. The van der Waals surface area contributed by atoms with E-state index in [1.54, 1.807) is 41.9 Å². The molecule has 0 aliphatic carbocycles. The molecule has 1 heterocycles. The van der Waals surface area contributed by atoms with Crippen LogP contribution in [0.5, 0.6) is 5.75 Å². The van der Waals surface area contributed by atoms with Crippen molar-refractivity contribution in [2.75, 3.05) is 19.4 Å². The molecule has 7 nitrogen and oxygen atoms in total. The van der Waals surface area contributed by atoms with Crippen molar-refractivity contribution in [3.05, 3.63) is 76.0 Å². The van der Waals surface area contributed by atoms with E-state index >= 15 is 0 Å². The van der Waals surface area contributed by atoms with Gasteiger partial charge in [0.15, 0.2) is 0 Å². The van der Waals surface area contributed by atoms with Crippen LogP contribution in [-0.2, 0) is 29.3 Å². The fourth-order valence-electron chi connectivity index (χ4n) is 2.80. The van der Waals surface area contributed by atoms with Crippen molar-refractivity contribution in [2.45, 2.75) is 19.7 Å². The van der Waals surface area contributed by atoms with Crippen LogP contribution in [0, 0.1) is 5.82 Å².